The molecule has 0 saturated carbocycles. The Kier molecular flexibility index (Phi) is 5.59. The fraction of sp³-hybridized carbons (Fsp3) is 0.300. The first kappa shape index (κ1) is 18.4. The topological polar surface area (TPSA) is 46.8 Å². The maximum Gasteiger partial charge on any atom is 0.258 e. The number of aromatic nitrogens is 2. The largest absolute Gasteiger partial charge is 0.492 e. The molecule has 5 nitrogen and oxygen atoms in total. The Morgan fingerprint density at radius 1 is 1.15 bits per heavy atom. The van der Waals surface area contributed by atoms with Gasteiger partial charge in [-0.15, -0.1) is 0 Å². The number of nitrogens with zero attached hydrogens (tertiary/aromatic N) is 3. The molecule has 3 rings (SSSR count). The standard InChI is InChI=1S/C20H22ClN3O2/c1-14-8-15(2)10-18(9-14)26-7-6-23(3)13-17-11-20(25)24-12-16(21)4-5-19(24)22-17/h4-5,8-12H,6-7,13H2,1-3H3. The van der Waals surface area contributed by atoms with Crippen LogP contribution in [0.3, 0.4) is 0 Å². The summed E-state index contributed by atoms with van der Waals surface area (Å²) in [5.74, 6) is 0.884. The molecule has 0 aliphatic heterocycles. The van der Waals surface area contributed by atoms with E-state index in [1.54, 1.807) is 24.4 Å². The number of pyridine rings is 1. The number of ether oxygens (including phenoxy) is 1. The third-order valence-electron chi connectivity index (χ3n) is 4.05. The molecule has 1 aromatic carbocycles. The third-order valence-corrected chi connectivity index (χ3v) is 4.27. The molecule has 2 aromatic heterocycles. The number of benzene rings is 1. The van der Waals surface area contributed by atoms with Crippen molar-refractivity contribution in [3.8, 4) is 5.75 Å². The summed E-state index contributed by atoms with van der Waals surface area (Å²) in [6, 6.07) is 11.2. The van der Waals surface area contributed by atoms with Crippen LogP contribution < -0.4 is 10.3 Å². The summed E-state index contributed by atoms with van der Waals surface area (Å²) < 4.78 is 7.29. The van der Waals surface area contributed by atoms with E-state index >= 15 is 0 Å². The van der Waals surface area contributed by atoms with Crippen molar-refractivity contribution < 1.29 is 4.74 Å². The van der Waals surface area contributed by atoms with Crippen molar-refractivity contribution >= 4 is 17.2 Å². The molecule has 0 radical (unpaired) electrons. The van der Waals surface area contributed by atoms with Crippen molar-refractivity contribution in [1.82, 2.24) is 14.3 Å². The molecular weight excluding hydrogens is 350 g/mol. The second-order valence-corrected chi connectivity index (χ2v) is 7.01. The Hall–Kier alpha value is -2.37. The van der Waals surface area contributed by atoms with Gasteiger partial charge in [0.1, 0.15) is 18.0 Å². The normalized spacial score (nSPS) is 11.3. The van der Waals surface area contributed by atoms with Crippen LogP contribution in [-0.2, 0) is 6.54 Å². The van der Waals surface area contributed by atoms with Crippen molar-refractivity contribution in [3.63, 3.8) is 0 Å². The van der Waals surface area contributed by atoms with Crippen LogP contribution in [0.4, 0.5) is 0 Å². The fourth-order valence-corrected chi connectivity index (χ4v) is 3.06. The minimum absolute atomic E-state index is 0.132. The number of hydrogen-bond donors (Lipinski definition) is 0. The second-order valence-electron chi connectivity index (χ2n) is 6.57. The van der Waals surface area contributed by atoms with Gasteiger partial charge in [-0.05, 0) is 56.3 Å². The lowest BCUT2D eigenvalue weighted by Crippen LogP contribution is -2.26. The average molecular weight is 372 g/mol. The molecular formula is C20H22ClN3O2. The van der Waals surface area contributed by atoms with Crippen LogP contribution in [0.25, 0.3) is 5.65 Å². The predicted octanol–water partition coefficient (Wildman–Crippen LogP) is 3.48. The number of aryl methyl sites for hydroxylation is 2. The van der Waals surface area contributed by atoms with Crippen LogP contribution in [0.15, 0.2) is 47.4 Å². The highest BCUT2D eigenvalue weighted by Gasteiger charge is 2.07. The molecule has 0 aliphatic carbocycles. The lowest BCUT2D eigenvalue weighted by Gasteiger charge is -2.17. The average Bonchev–Trinajstić information content (AvgIpc) is 2.55. The number of rotatable bonds is 6. The zero-order valence-corrected chi connectivity index (χ0v) is 16.0. The molecule has 0 spiro atoms. The van der Waals surface area contributed by atoms with Gasteiger partial charge in [-0.3, -0.25) is 14.1 Å². The van der Waals surface area contributed by atoms with E-state index < -0.39 is 0 Å². The number of halogens is 1. The van der Waals surface area contributed by atoms with E-state index in [-0.39, 0.29) is 5.56 Å². The van der Waals surface area contributed by atoms with Gasteiger partial charge in [-0.25, -0.2) is 4.98 Å². The Balaban J connectivity index is 1.61. The lowest BCUT2D eigenvalue weighted by molar-refractivity contribution is 0.231. The summed E-state index contributed by atoms with van der Waals surface area (Å²) in [6.45, 7) is 5.99. The Morgan fingerprint density at radius 2 is 1.88 bits per heavy atom. The molecule has 136 valence electrons. The van der Waals surface area contributed by atoms with E-state index in [1.807, 2.05) is 19.2 Å². The highest BCUT2D eigenvalue weighted by atomic mass is 35.5. The molecule has 0 fully saturated rings. The second kappa shape index (κ2) is 7.89. The Labute approximate surface area is 157 Å². The monoisotopic (exact) mass is 371 g/mol. The van der Waals surface area contributed by atoms with E-state index in [1.165, 1.54) is 15.5 Å². The van der Waals surface area contributed by atoms with Gasteiger partial charge in [0.25, 0.3) is 5.56 Å². The van der Waals surface area contributed by atoms with Crippen LogP contribution in [-0.4, -0.2) is 34.5 Å². The lowest BCUT2D eigenvalue weighted by atomic mass is 10.1. The van der Waals surface area contributed by atoms with E-state index in [9.17, 15) is 4.79 Å². The van der Waals surface area contributed by atoms with E-state index in [0.717, 1.165) is 18.0 Å². The van der Waals surface area contributed by atoms with Gasteiger partial charge in [0, 0.05) is 25.4 Å². The highest BCUT2D eigenvalue weighted by molar-refractivity contribution is 6.30. The first-order chi connectivity index (χ1) is 12.4. The van der Waals surface area contributed by atoms with Crippen LogP contribution in [0.1, 0.15) is 16.8 Å². The zero-order chi connectivity index (χ0) is 18.7. The minimum Gasteiger partial charge on any atom is -0.492 e. The van der Waals surface area contributed by atoms with Gasteiger partial charge in [-0.1, -0.05) is 17.7 Å². The third kappa shape index (κ3) is 4.62. The molecule has 0 aliphatic rings. The van der Waals surface area contributed by atoms with E-state index in [4.69, 9.17) is 16.3 Å². The first-order valence-electron chi connectivity index (χ1n) is 8.48. The molecule has 0 amide bonds. The van der Waals surface area contributed by atoms with Crippen LogP contribution in [0, 0.1) is 13.8 Å². The summed E-state index contributed by atoms with van der Waals surface area (Å²) in [6.07, 6.45) is 1.58. The molecule has 0 unspecified atom stereocenters. The highest BCUT2D eigenvalue weighted by Crippen LogP contribution is 2.16. The van der Waals surface area contributed by atoms with Crippen molar-refractivity contribution in [2.45, 2.75) is 20.4 Å². The summed E-state index contributed by atoms with van der Waals surface area (Å²) in [7, 11) is 1.98. The van der Waals surface area contributed by atoms with Gasteiger partial charge in [0.05, 0.1) is 10.7 Å². The smallest absolute Gasteiger partial charge is 0.258 e. The number of hydrogen-bond acceptors (Lipinski definition) is 4. The molecule has 0 bridgehead atoms. The first-order valence-corrected chi connectivity index (χ1v) is 8.86. The SMILES string of the molecule is Cc1cc(C)cc(OCCN(C)Cc2cc(=O)n3cc(Cl)ccc3n2)c1. The van der Waals surface area contributed by atoms with Gasteiger partial charge >= 0.3 is 0 Å². The van der Waals surface area contributed by atoms with Crippen molar-refractivity contribution in [2.24, 2.45) is 0 Å². The van der Waals surface area contributed by atoms with Crippen LogP contribution in [0.5, 0.6) is 5.75 Å². The number of likely N-dealkylation sites (N-methyl/N-ethyl adjacent to an activating group) is 1. The minimum atomic E-state index is -0.132. The molecule has 0 saturated heterocycles. The predicted molar refractivity (Wildman–Crippen MR) is 104 cm³/mol. The number of fused-ring (bicyclic) bond motifs is 1. The quantitative estimate of drug-likeness (QED) is 0.665. The van der Waals surface area contributed by atoms with Gasteiger partial charge in [0.15, 0.2) is 0 Å². The molecule has 3 aromatic rings. The van der Waals surface area contributed by atoms with Crippen molar-refractivity contribution in [2.75, 3.05) is 20.2 Å². The molecule has 6 heteroatoms. The Morgan fingerprint density at radius 3 is 2.62 bits per heavy atom. The summed E-state index contributed by atoms with van der Waals surface area (Å²) in [4.78, 5) is 18.8. The maximum absolute atomic E-state index is 12.2. The van der Waals surface area contributed by atoms with Crippen molar-refractivity contribution in [1.29, 1.82) is 0 Å². The van der Waals surface area contributed by atoms with Gasteiger partial charge in [0.2, 0.25) is 0 Å². The van der Waals surface area contributed by atoms with Gasteiger partial charge < -0.3 is 4.74 Å². The van der Waals surface area contributed by atoms with Gasteiger partial charge in [-0.2, -0.15) is 0 Å². The van der Waals surface area contributed by atoms with Crippen LogP contribution >= 0.6 is 11.6 Å². The van der Waals surface area contributed by atoms with Crippen molar-refractivity contribution in [3.05, 3.63) is 74.8 Å². The fourth-order valence-electron chi connectivity index (χ4n) is 2.90. The molecule has 2 heterocycles. The molecule has 0 N–H and O–H groups in total. The van der Waals surface area contributed by atoms with E-state index in [0.29, 0.717) is 23.8 Å². The van der Waals surface area contributed by atoms with E-state index in [2.05, 4.69) is 29.8 Å². The summed E-state index contributed by atoms with van der Waals surface area (Å²) >= 11 is 5.93. The maximum atomic E-state index is 12.2. The molecule has 0 atom stereocenters. The summed E-state index contributed by atoms with van der Waals surface area (Å²) in [5, 5.41) is 0.509. The molecule has 26 heavy (non-hydrogen) atoms. The zero-order valence-electron chi connectivity index (χ0n) is 15.2. The van der Waals surface area contributed by atoms with Crippen LogP contribution in [0.2, 0.25) is 5.02 Å². The Bertz CT molecular complexity index is 964. The summed E-state index contributed by atoms with van der Waals surface area (Å²) in [5.41, 5.74) is 3.57.